The molecule has 0 unspecified atom stereocenters. The first-order chi connectivity index (χ1) is 16.6. The van der Waals surface area contributed by atoms with Crippen LogP contribution in [0.5, 0.6) is 23.0 Å². The number of methoxy groups -OCH3 is 2. The van der Waals surface area contributed by atoms with Gasteiger partial charge < -0.3 is 18.4 Å². The van der Waals surface area contributed by atoms with E-state index in [-0.39, 0.29) is 12.4 Å². The number of benzene rings is 3. The van der Waals surface area contributed by atoms with Crippen LogP contribution in [0.25, 0.3) is 22.3 Å². The molecule has 3 aromatic carbocycles. The third-order valence-electron chi connectivity index (χ3n) is 5.07. The highest BCUT2D eigenvalue weighted by Crippen LogP contribution is 2.43. The first-order valence-electron chi connectivity index (χ1n) is 10.7. The Labute approximate surface area is 206 Å². The Morgan fingerprint density at radius 1 is 0.857 bits per heavy atom. The minimum atomic E-state index is -3.79. The highest BCUT2D eigenvalue weighted by Gasteiger charge is 2.18. The molecule has 0 atom stereocenters. The largest absolute Gasteiger partial charge is 0.496 e. The van der Waals surface area contributed by atoms with Crippen LogP contribution in [0, 0.1) is 11.3 Å². The Morgan fingerprint density at radius 2 is 1.43 bits per heavy atom. The molecule has 0 saturated carbocycles. The average Bonchev–Trinajstić information content (AvgIpc) is 2.83. The van der Waals surface area contributed by atoms with Crippen LogP contribution >= 0.6 is 0 Å². The smallest absolute Gasteiger partial charge is 0.306 e. The van der Waals surface area contributed by atoms with Crippen molar-refractivity contribution in [2.75, 3.05) is 27.1 Å². The molecular formula is C27H27NO6S. The van der Waals surface area contributed by atoms with Gasteiger partial charge in [-0.05, 0) is 67.4 Å². The molecular weight excluding hydrogens is 466 g/mol. The van der Waals surface area contributed by atoms with Gasteiger partial charge in [-0.25, -0.2) is 0 Å². The van der Waals surface area contributed by atoms with Crippen LogP contribution in [0.2, 0.25) is 0 Å². The Bertz CT molecular complexity index is 1380. The maximum Gasteiger partial charge on any atom is 0.306 e. The van der Waals surface area contributed by atoms with Crippen LogP contribution < -0.4 is 18.4 Å². The SMILES string of the molecule is COc1cc(-c2ccc(OCC=C(C)C)c(OS(C)(=O)=O)c2)c(OC)cc1-c1ccc(C#N)cc1. The van der Waals surface area contributed by atoms with Gasteiger partial charge in [0.1, 0.15) is 18.1 Å². The predicted molar refractivity (Wildman–Crippen MR) is 136 cm³/mol. The number of hydrogen-bond donors (Lipinski definition) is 0. The Balaban J connectivity index is 2.11. The van der Waals surface area contributed by atoms with Gasteiger partial charge in [-0.3, -0.25) is 0 Å². The fourth-order valence-electron chi connectivity index (χ4n) is 3.39. The maximum atomic E-state index is 11.9. The van der Waals surface area contributed by atoms with Gasteiger partial charge in [-0.1, -0.05) is 23.8 Å². The van der Waals surface area contributed by atoms with Crippen molar-refractivity contribution in [1.82, 2.24) is 0 Å². The van der Waals surface area contributed by atoms with Gasteiger partial charge in [-0.15, -0.1) is 0 Å². The summed E-state index contributed by atoms with van der Waals surface area (Å²) >= 11 is 0. The van der Waals surface area contributed by atoms with Gasteiger partial charge in [0.05, 0.1) is 32.1 Å². The molecule has 0 saturated heterocycles. The molecule has 0 aromatic heterocycles. The predicted octanol–water partition coefficient (Wildman–Crippen LogP) is 5.59. The highest BCUT2D eigenvalue weighted by atomic mass is 32.2. The van der Waals surface area contributed by atoms with Gasteiger partial charge >= 0.3 is 10.1 Å². The molecule has 0 aliphatic rings. The van der Waals surface area contributed by atoms with E-state index in [0.717, 1.165) is 23.0 Å². The topological polar surface area (TPSA) is 94.8 Å². The summed E-state index contributed by atoms with van der Waals surface area (Å²) in [4.78, 5) is 0. The van der Waals surface area contributed by atoms with Crippen molar-refractivity contribution in [3.8, 4) is 51.3 Å². The summed E-state index contributed by atoms with van der Waals surface area (Å²) < 4.78 is 46.1. The summed E-state index contributed by atoms with van der Waals surface area (Å²) in [6.07, 6.45) is 2.86. The van der Waals surface area contributed by atoms with Crippen LogP contribution in [-0.2, 0) is 10.1 Å². The van der Waals surface area contributed by atoms with E-state index in [2.05, 4.69) is 6.07 Å². The first kappa shape index (κ1) is 25.7. The van der Waals surface area contributed by atoms with E-state index in [1.807, 2.05) is 44.2 Å². The normalized spacial score (nSPS) is 10.7. The van der Waals surface area contributed by atoms with Crippen molar-refractivity contribution >= 4 is 10.1 Å². The van der Waals surface area contributed by atoms with E-state index in [1.54, 1.807) is 44.6 Å². The summed E-state index contributed by atoms with van der Waals surface area (Å²) in [5, 5.41) is 9.07. The van der Waals surface area contributed by atoms with Crippen LogP contribution in [0.15, 0.2) is 66.2 Å². The quantitative estimate of drug-likeness (QED) is 0.283. The van der Waals surface area contributed by atoms with Gasteiger partial charge in [0.15, 0.2) is 11.5 Å². The van der Waals surface area contributed by atoms with Gasteiger partial charge in [-0.2, -0.15) is 13.7 Å². The molecule has 0 N–H and O–H groups in total. The van der Waals surface area contributed by atoms with Crippen molar-refractivity contribution < 1.29 is 26.8 Å². The maximum absolute atomic E-state index is 11.9. The minimum Gasteiger partial charge on any atom is -0.496 e. The second-order valence-electron chi connectivity index (χ2n) is 7.98. The Kier molecular flexibility index (Phi) is 8.05. The number of rotatable bonds is 9. The van der Waals surface area contributed by atoms with Crippen LogP contribution in [-0.4, -0.2) is 35.5 Å². The second kappa shape index (κ2) is 11.0. The minimum absolute atomic E-state index is 0.0735. The van der Waals surface area contributed by atoms with E-state index in [4.69, 9.17) is 23.7 Å². The van der Waals surface area contributed by atoms with E-state index in [9.17, 15) is 8.42 Å². The van der Waals surface area contributed by atoms with Crippen molar-refractivity contribution in [1.29, 1.82) is 5.26 Å². The van der Waals surface area contributed by atoms with Crippen molar-refractivity contribution in [2.24, 2.45) is 0 Å². The second-order valence-corrected chi connectivity index (χ2v) is 9.56. The molecule has 3 aromatic rings. The van der Waals surface area contributed by atoms with Crippen molar-refractivity contribution in [2.45, 2.75) is 13.8 Å². The molecule has 3 rings (SSSR count). The molecule has 0 bridgehead atoms. The molecule has 0 fully saturated rings. The van der Waals surface area contributed by atoms with Crippen LogP contribution in [0.4, 0.5) is 0 Å². The summed E-state index contributed by atoms with van der Waals surface area (Å²) in [6.45, 7) is 4.17. The lowest BCUT2D eigenvalue weighted by Crippen LogP contribution is -2.08. The van der Waals surface area contributed by atoms with E-state index >= 15 is 0 Å². The number of nitrogens with zero attached hydrogens (tertiary/aromatic N) is 1. The molecule has 0 amide bonds. The highest BCUT2D eigenvalue weighted by molar-refractivity contribution is 7.86. The zero-order valence-corrected chi connectivity index (χ0v) is 21.1. The molecule has 0 aliphatic carbocycles. The van der Waals surface area contributed by atoms with Gasteiger partial charge in [0, 0.05) is 11.1 Å². The molecule has 0 radical (unpaired) electrons. The van der Waals surface area contributed by atoms with Crippen LogP contribution in [0.3, 0.4) is 0 Å². The van der Waals surface area contributed by atoms with E-state index < -0.39 is 10.1 Å². The van der Waals surface area contributed by atoms with Crippen molar-refractivity contribution in [3.05, 3.63) is 71.8 Å². The summed E-state index contributed by atoms with van der Waals surface area (Å²) in [5.74, 6) is 1.51. The number of nitriles is 1. The zero-order valence-electron chi connectivity index (χ0n) is 20.3. The number of hydrogen-bond acceptors (Lipinski definition) is 7. The number of ether oxygens (including phenoxy) is 3. The van der Waals surface area contributed by atoms with E-state index in [0.29, 0.717) is 33.9 Å². The third kappa shape index (κ3) is 6.55. The molecule has 0 heterocycles. The van der Waals surface area contributed by atoms with Gasteiger partial charge in [0.2, 0.25) is 0 Å². The molecule has 7 nitrogen and oxygen atoms in total. The summed E-state index contributed by atoms with van der Waals surface area (Å²) in [6, 6.07) is 18.0. The molecule has 0 aliphatic heterocycles. The molecule has 182 valence electrons. The molecule has 35 heavy (non-hydrogen) atoms. The van der Waals surface area contributed by atoms with E-state index in [1.165, 1.54) is 0 Å². The molecule has 0 spiro atoms. The Hall–Kier alpha value is -3.96. The van der Waals surface area contributed by atoms with Crippen LogP contribution in [0.1, 0.15) is 19.4 Å². The molecule has 8 heteroatoms. The summed E-state index contributed by atoms with van der Waals surface area (Å²) in [5.41, 5.74) is 4.60. The van der Waals surface area contributed by atoms with Gasteiger partial charge in [0.25, 0.3) is 0 Å². The lowest BCUT2D eigenvalue weighted by Gasteiger charge is -2.17. The summed E-state index contributed by atoms with van der Waals surface area (Å²) in [7, 11) is -0.670. The first-order valence-corrected chi connectivity index (χ1v) is 12.5. The average molecular weight is 494 g/mol. The standard InChI is InChI=1S/C27H27NO6S/c1-18(2)12-13-33-24-11-10-21(14-27(24)34-35(5,29)30)23-16-25(31-3)22(15-26(23)32-4)20-8-6-19(17-28)7-9-20/h6-12,14-16H,13H2,1-5H3. The zero-order chi connectivity index (χ0) is 25.6. The third-order valence-corrected chi connectivity index (χ3v) is 5.56. The number of allylic oxidation sites excluding steroid dienone is 1. The lowest BCUT2D eigenvalue weighted by molar-refractivity contribution is 0.347. The lowest BCUT2D eigenvalue weighted by atomic mass is 9.97. The Morgan fingerprint density at radius 3 is 1.94 bits per heavy atom. The fraction of sp³-hybridized carbons (Fsp3) is 0.222. The van der Waals surface area contributed by atoms with Crippen molar-refractivity contribution in [3.63, 3.8) is 0 Å². The monoisotopic (exact) mass is 493 g/mol. The fourth-order valence-corrected chi connectivity index (χ4v) is 3.85.